The highest BCUT2D eigenvalue weighted by Crippen LogP contribution is 2.44. The summed E-state index contributed by atoms with van der Waals surface area (Å²) >= 11 is 0. The Balaban J connectivity index is 0.000000296. The molecule has 5 nitrogen and oxygen atoms in total. The maximum absolute atomic E-state index is 12.4. The van der Waals surface area contributed by atoms with Gasteiger partial charge in [0, 0.05) is 11.6 Å². The Morgan fingerprint density at radius 3 is 2.24 bits per heavy atom. The third-order valence-electron chi connectivity index (χ3n) is 6.84. The van der Waals surface area contributed by atoms with Gasteiger partial charge in [0.05, 0.1) is 6.42 Å². The predicted molar refractivity (Wildman–Crippen MR) is 155 cm³/mol. The highest BCUT2D eigenvalue weighted by Gasteiger charge is 2.32. The zero-order valence-electron chi connectivity index (χ0n) is 24.0. The number of fused-ring (bicyclic) bond motifs is 1. The Morgan fingerprint density at radius 1 is 0.974 bits per heavy atom. The molecule has 2 aromatic carbocycles. The summed E-state index contributed by atoms with van der Waals surface area (Å²) in [5, 5.41) is 30.0. The number of aromatic hydroxyl groups is 3. The van der Waals surface area contributed by atoms with Gasteiger partial charge in [0.2, 0.25) is 0 Å². The first kappa shape index (κ1) is 30.8. The number of allylic oxidation sites excluding steroid dienone is 6. The molecule has 38 heavy (non-hydrogen) atoms. The van der Waals surface area contributed by atoms with Gasteiger partial charge >= 0.3 is 0 Å². The molecule has 0 radical (unpaired) electrons. The predicted octanol–water partition coefficient (Wildman–Crippen LogP) is 8.81. The Bertz CT molecular complexity index is 1210. The molecule has 3 N–H and O–H groups in total. The van der Waals surface area contributed by atoms with E-state index in [1.807, 2.05) is 0 Å². The van der Waals surface area contributed by atoms with Crippen molar-refractivity contribution in [2.24, 2.45) is 0 Å². The lowest BCUT2D eigenvalue weighted by molar-refractivity contribution is 0.0844. The van der Waals surface area contributed by atoms with Gasteiger partial charge in [-0.2, -0.15) is 0 Å². The summed E-state index contributed by atoms with van der Waals surface area (Å²) in [5.41, 5.74) is 6.30. The second-order valence-corrected chi connectivity index (χ2v) is 10.3. The number of benzene rings is 2. The molecule has 0 spiro atoms. The second-order valence-electron chi connectivity index (χ2n) is 10.3. The van der Waals surface area contributed by atoms with E-state index >= 15 is 0 Å². The fourth-order valence-electron chi connectivity index (χ4n) is 4.24. The number of carbonyl (C=O) groups is 1. The lowest BCUT2D eigenvalue weighted by Gasteiger charge is -2.27. The number of hydrogen-bond donors (Lipinski definition) is 3. The lowest BCUT2D eigenvalue weighted by Crippen LogP contribution is -2.21. The van der Waals surface area contributed by atoms with Crippen molar-refractivity contribution in [1.29, 1.82) is 0 Å². The van der Waals surface area contributed by atoms with Crippen LogP contribution < -0.4 is 4.74 Å². The van der Waals surface area contributed by atoms with Crippen molar-refractivity contribution in [3.63, 3.8) is 0 Å². The topological polar surface area (TPSA) is 87.0 Å². The van der Waals surface area contributed by atoms with E-state index in [1.165, 1.54) is 48.5 Å². The van der Waals surface area contributed by atoms with Crippen LogP contribution in [0, 0.1) is 6.92 Å². The third kappa shape index (κ3) is 8.54. The maximum Gasteiger partial charge on any atom is 0.174 e. The number of hydrogen-bond acceptors (Lipinski definition) is 5. The van der Waals surface area contributed by atoms with Crippen molar-refractivity contribution < 1.29 is 24.9 Å². The van der Waals surface area contributed by atoms with Crippen molar-refractivity contribution in [3.05, 3.63) is 81.5 Å². The van der Waals surface area contributed by atoms with Crippen molar-refractivity contribution in [1.82, 2.24) is 0 Å². The van der Waals surface area contributed by atoms with Crippen molar-refractivity contribution >= 4 is 5.78 Å². The number of carbonyl (C=O) groups excluding carboxylic acids is 1. The van der Waals surface area contributed by atoms with Crippen LogP contribution in [0.2, 0.25) is 0 Å². The summed E-state index contributed by atoms with van der Waals surface area (Å²) < 4.78 is 5.79. The molecular formula is C33H44O5. The Labute approximate surface area is 228 Å². The number of phenols is 3. The quantitative estimate of drug-likeness (QED) is 0.303. The smallest absolute Gasteiger partial charge is 0.174 e. The molecule has 3 rings (SSSR count). The summed E-state index contributed by atoms with van der Waals surface area (Å²) in [6, 6.07) is 6.48. The zero-order valence-corrected chi connectivity index (χ0v) is 24.0. The highest BCUT2D eigenvalue weighted by molar-refractivity contribution is 6.03. The first-order valence-electron chi connectivity index (χ1n) is 13.5. The van der Waals surface area contributed by atoms with Gasteiger partial charge < -0.3 is 20.1 Å². The van der Waals surface area contributed by atoms with Crippen molar-refractivity contribution in [2.75, 3.05) is 0 Å². The van der Waals surface area contributed by atoms with Crippen LogP contribution in [0.25, 0.3) is 0 Å². The van der Waals surface area contributed by atoms with Gasteiger partial charge in [0.25, 0.3) is 0 Å². The fourth-order valence-corrected chi connectivity index (χ4v) is 4.24. The van der Waals surface area contributed by atoms with Gasteiger partial charge in [-0.3, -0.25) is 4.79 Å². The summed E-state index contributed by atoms with van der Waals surface area (Å²) in [5.74, 6) is -0.250. The molecule has 0 amide bonds. The van der Waals surface area contributed by atoms with E-state index in [0.717, 1.165) is 5.56 Å². The molecule has 206 valence electrons. The first-order chi connectivity index (χ1) is 18.0. The van der Waals surface area contributed by atoms with Crippen LogP contribution in [0.5, 0.6) is 23.0 Å². The lowest BCUT2D eigenvalue weighted by atomic mass is 9.93. The van der Waals surface area contributed by atoms with Gasteiger partial charge in [0.15, 0.2) is 5.78 Å². The average molecular weight is 521 g/mol. The molecule has 1 aliphatic heterocycles. The fraction of sp³-hybridized carbons (Fsp3) is 0.424. The van der Waals surface area contributed by atoms with E-state index in [0.29, 0.717) is 17.5 Å². The standard InChI is InChI=1S/C18H18O5.C15H26/c1-3-11-13(20)7-16-17(18(11)22)14(21)8-15(23-16)10-5-4-9(2)12(19)6-10;1-6-14(4)10-8-12-15(5)11-7-9-13(2)3/h4-7,15,19-20,22H,3,8H2,1-2H3;6,9,12H,7-8,10-11H2,1-5H3/b;14-6+,15-12+/t15-;/m0./s1. The van der Waals surface area contributed by atoms with Crippen LogP contribution in [0.15, 0.2) is 59.2 Å². The molecule has 5 heteroatoms. The van der Waals surface area contributed by atoms with Gasteiger partial charge in [-0.05, 0) is 90.8 Å². The van der Waals surface area contributed by atoms with E-state index in [9.17, 15) is 20.1 Å². The normalized spacial score (nSPS) is 15.2. The van der Waals surface area contributed by atoms with E-state index in [4.69, 9.17) is 4.74 Å². The second kappa shape index (κ2) is 14.5. The molecule has 0 unspecified atom stereocenters. The van der Waals surface area contributed by atoms with Gasteiger partial charge in [-0.25, -0.2) is 0 Å². The summed E-state index contributed by atoms with van der Waals surface area (Å²) in [6.07, 6.45) is 11.6. The SMILES string of the molecule is C/C=C(\C)CC/C=C(\C)CCC=C(C)C.CCc1c(O)cc2c(c1O)C(=O)C[C@@H](c1ccc(C)c(O)c1)O2. The van der Waals surface area contributed by atoms with Crippen LogP contribution in [-0.2, 0) is 6.42 Å². The largest absolute Gasteiger partial charge is 0.508 e. The zero-order chi connectivity index (χ0) is 28.4. The van der Waals surface area contributed by atoms with Crippen LogP contribution in [-0.4, -0.2) is 21.1 Å². The minimum Gasteiger partial charge on any atom is -0.508 e. The molecule has 0 saturated carbocycles. The molecular weight excluding hydrogens is 476 g/mol. The number of ketones is 1. The van der Waals surface area contributed by atoms with Crippen LogP contribution in [0.3, 0.4) is 0 Å². The van der Waals surface area contributed by atoms with Crippen LogP contribution in [0.4, 0.5) is 0 Å². The van der Waals surface area contributed by atoms with E-state index < -0.39 is 6.10 Å². The average Bonchev–Trinajstić information content (AvgIpc) is 2.85. The summed E-state index contributed by atoms with van der Waals surface area (Å²) in [4.78, 5) is 12.4. The maximum atomic E-state index is 12.4. The number of aryl methyl sites for hydroxylation is 1. The molecule has 0 fully saturated rings. The molecule has 1 atom stereocenters. The van der Waals surface area contributed by atoms with Crippen molar-refractivity contribution in [2.45, 2.75) is 93.1 Å². The Morgan fingerprint density at radius 2 is 1.63 bits per heavy atom. The van der Waals surface area contributed by atoms with Crippen molar-refractivity contribution in [3.8, 4) is 23.0 Å². The van der Waals surface area contributed by atoms with Gasteiger partial charge in [-0.1, -0.05) is 54.0 Å². The van der Waals surface area contributed by atoms with Crippen LogP contribution >= 0.6 is 0 Å². The van der Waals surface area contributed by atoms with E-state index in [-0.39, 0.29) is 40.8 Å². The monoisotopic (exact) mass is 520 g/mol. The summed E-state index contributed by atoms with van der Waals surface area (Å²) in [7, 11) is 0. The van der Waals surface area contributed by atoms with E-state index in [2.05, 4.69) is 52.8 Å². The Hall–Kier alpha value is -3.47. The molecule has 0 aromatic heterocycles. The molecule has 2 aromatic rings. The third-order valence-corrected chi connectivity index (χ3v) is 6.84. The van der Waals surface area contributed by atoms with Crippen LogP contribution in [0.1, 0.15) is 107 Å². The highest BCUT2D eigenvalue weighted by atomic mass is 16.5. The summed E-state index contributed by atoms with van der Waals surface area (Å²) in [6.45, 7) is 14.4. The minimum absolute atomic E-state index is 0.0665. The molecule has 0 aliphatic carbocycles. The molecule has 0 saturated heterocycles. The first-order valence-corrected chi connectivity index (χ1v) is 13.5. The number of rotatable bonds is 8. The Kier molecular flexibility index (Phi) is 11.7. The minimum atomic E-state index is -0.562. The van der Waals surface area contributed by atoms with Gasteiger partial charge in [-0.15, -0.1) is 0 Å². The number of Topliss-reactive ketones (excluding diaryl/α,β-unsaturated/α-hetero) is 1. The van der Waals surface area contributed by atoms with E-state index in [1.54, 1.807) is 32.0 Å². The number of ether oxygens (including phenoxy) is 1. The van der Waals surface area contributed by atoms with Gasteiger partial charge in [0.1, 0.15) is 34.7 Å². The molecule has 1 heterocycles. The molecule has 1 aliphatic rings. The number of phenolic OH excluding ortho intramolecular Hbond substituents is 3. The molecule has 0 bridgehead atoms.